The molecule has 13 heteroatoms. The van der Waals surface area contributed by atoms with E-state index in [4.69, 9.17) is 23.7 Å². The monoisotopic (exact) mass is 680 g/mol. The van der Waals surface area contributed by atoms with Crippen molar-refractivity contribution in [2.75, 3.05) is 25.6 Å². The summed E-state index contributed by atoms with van der Waals surface area (Å²) >= 11 is 1.20. The Morgan fingerprint density at radius 1 is 0.878 bits per heavy atom. The van der Waals surface area contributed by atoms with E-state index in [1.807, 2.05) is 60.7 Å². The molecule has 2 aliphatic rings. The van der Waals surface area contributed by atoms with Gasteiger partial charge >= 0.3 is 5.97 Å². The van der Waals surface area contributed by atoms with Gasteiger partial charge in [0.25, 0.3) is 11.5 Å². The number of hydrogen-bond acceptors (Lipinski definition) is 11. The van der Waals surface area contributed by atoms with Gasteiger partial charge in [0.05, 0.1) is 39.3 Å². The minimum atomic E-state index is -0.651. The molecule has 5 aromatic rings. The Bertz CT molecular complexity index is 1980. The number of nitrogens with one attached hydrogen (secondary N) is 1. The third-order valence-corrected chi connectivity index (χ3v) is 9.28. The van der Waals surface area contributed by atoms with Gasteiger partial charge in [-0.3, -0.25) is 19.0 Å². The number of rotatable bonds is 11. The van der Waals surface area contributed by atoms with Crippen molar-refractivity contribution >= 4 is 28.9 Å². The van der Waals surface area contributed by atoms with E-state index >= 15 is 0 Å². The molecule has 0 radical (unpaired) electrons. The number of benzene rings is 3. The van der Waals surface area contributed by atoms with Crippen LogP contribution in [-0.2, 0) is 36.9 Å². The van der Waals surface area contributed by atoms with Crippen LogP contribution in [0.1, 0.15) is 15.2 Å². The first-order valence-corrected chi connectivity index (χ1v) is 16.4. The summed E-state index contributed by atoms with van der Waals surface area (Å²) in [6.45, 7) is 0.828. The van der Waals surface area contributed by atoms with Crippen molar-refractivity contribution in [1.82, 2.24) is 14.5 Å². The lowest BCUT2D eigenvalue weighted by atomic mass is 10.1. The van der Waals surface area contributed by atoms with E-state index in [1.54, 1.807) is 24.3 Å². The normalized spacial score (nSPS) is 19.7. The van der Waals surface area contributed by atoms with Gasteiger partial charge in [-0.15, -0.1) is 11.3 Å². The first kappa shape index (κ1) is 32.3. The number of amides is 1. The van der Waals surface area contributed by atoms with Crippen LogP contribution in [0, 0.1) is 0 Å². The Labute approximate surface area is 285 Å². The average molecular weight is 681 g/mol. The van der Waals surface area contributed by atoms with Gasteiger partial charge in [0.2, 0.25) is 0 Å². The molecule has 4 heterocycles. The van der Waals surface area contributed by atoms with Crippen LogP contribution in [0.2, 0.25) is 0 Å². The van der Waals surface area contributed by atoms with E-state index in [-0.39, 0.29) is 35.9 Å². The lowest BCUT2D eigenvalue weighted by molar-refractivity contribution is -0.141. The second-order valence-electron chi connectivity index (χ2n) is 11.4. The molecule has 12 nitrogen and oxygen atoms in total. The maximum Gasteiger partial charge on any atom is 0.325 e. The van der Waals surface area contributed by atoms with Crippen LogP contribution in [0.25, 0.3) is 22.0 Å². The fourth-order valence-electron chi connectivity index (χ4n) is 5.73. The molecule has 1 amide bonds. The molecular formula is C36H32N4O8S. The second kappa shape index (κ2) is 14.5. The fraction of sp³-hybridized carbons (Fsp3) is 0.250. The van der Waals surface area contributed by atoms with Crippen LogP contribution in [0.4, 0.5) is 5.69 Å². The number of hydrogen-bond donors (Lipinski definition) is 1. The molecule has 2 saturated heterocycles. The molecule has 3 aromatic carbocycles. The third kappa shape index (κ3) is 7.15. The number of fused-ring (bicyclic) bond motifs is 1. The molecule has 2 aliphatic heterocycles. The highest BCUT2D eigenvalue weighted by molar-refractivity contribution is 7.17. The molecular weight excluding hydrogens is 648 g/mol. The van der Waals surface area contributed by atoms with Crippen molar-refractivity contribution in [3.05, 3.63) is 118 Å². The molecule has 1 N–H and O–H groups in total. The third-order valence-electron chi connectivity index (χ3n) is 8.23. The standard InChI is InChI=1S/C36H32N4O8S/c1-44-30(41)18-40-33(37-16-26(36(40)43)39-34(42)29-17-38-35(49-29)24-10-6-3-7-11-24)23-12-14-25(15-13-23)48-28-21-47-31-27(20-46-32(28)31)45-19-22-8-4-2-5-9-22/h2-17,27-28,31-32H,18-21H2,1H3,(H,39,42)/t27-,28-,31-,32-/m1/s1. The van der Waals surface area contributed by atoms with Gasteiger partial charge in [0.1, 0.15) is 52.0 Å². The first-order valence-electron chi connectivity index (χ1n) is 15.6. The van der Waals surface area contributed by atoms with Crippen LogP contribution >= 0.6 is 11.3 Å². The summed E-state index contributed by atoms with van der Waals surface area (Å²) in [5.74, 6) is -0.385. The summed E-state index contributed by atoms with van der Waals surface area (Å²) in [7, 11) is 1.23. The molecule has 4 atom stereocenters. The van der Waals surface area contributed by atoms with Crippen LogP contribution in [0.5, 0.6) is 5.75 Å². The maximum atomic E-state index is 13.6. The first-order chi connectivity index (χ1) is 24.0. The minimum Gasteiger partial charge on any atom is -0.485 e. The van der Waals surface area contributed by atoms with Crippen molar-refractivity contribution in [3.8, 4) is 27.7 Å². The maximum absolute atomic E-state index is 13.6. The highest BCUT2D eigenvalue weighted by Gasteiger charge is 2.49. The lowest BCUT2D eigenvalue weighted by Crippen LogP contribution is -2.35. The Hall–Kier alpha value is -5.21. The summed E-state index contributed by atoms with van der Waals surface area (Å²) in [4.78, 5) is 48.1. The largest absolute Gasteiger partial charge is 0.485 e. The van der Waals surface area contributed by atoms with E-state index in [0.29, 0.717) is 41.0 Å². The Morgan fingerprint density at radius 2 is 1.57 bits per heavy atom. The molecule has 0 aliphatic carbocycles. The number of carbonyl (C=O) groups excluding carboxylic acids is 2. The van der Waals surface area contributed by atoms with Crippen molar-refractivity contribution in [1.29, 1.82) is 0 Å². The van der Waals surface area contributed by atoms with E-state index in [1.165, 1.54) is 30.8 Å². The summed E-state index contributed by atoms with van der Waals surface area (Å²) in [5.41, 5.74) is 1.79. The zero-order chi connectivity index (χ0) is 33.7. The zero-order valence-electron chi connectivity index (χ0n) is 26.4. The summed E-state index contributed by atoms with van der Waals surface area (Å²) in [6, 6.07) is 26.4. The Kier molecular flexibility index (Phi) is 9.57. The highest BCUT2D eigenvalue weighted by atomic mass is 32.1. The molecule has 0 saturated carbocycles. The van der Waals surface area contributed by atoms with E-state index < -0.39 is 24.0 Å². The van der Waals surface area contributed by atoms with E-state index in [9.17, 15) is 14.4 Å². The SMILES string of the molecule is COC(=O)Cn1c(-c2ccc(O[C@@H]3CO[C@H]4[C@@H]3OC[C@H]4OCc3ccccc3)cc2)ncc(NC(=O)c2cnc(-c3ccccc3)s2)c1=O. The molecule has 2 fully saturated rings. The van der Waals surface area contributed by atoms with E-state index in [0.717, 1.165) is 15.7 Å². The van der Waals surface area contributed by atoms with Gasteiger partial charge < -0.3 is 29.0 Å². The topological polar surface area (TPSA) is 140 Å². The highest BCUT2D eigenvalue weighted by Crippen LogP contribution is 2.32. The summed E-state index contributed by atoms with van der Waals surface area (Å²) < 4.78 is 30.4. The molecule has 0 unspecified atom stereocenters. The van der Waals surface area contributed by atoms with Gasteiger partial charge in [0.15, 0.2) is 6.10 Å². The van der Waals surface area contributed by atoms with Gasteiger partial charge in [-0.2, -0.15) is 0 Å². The van der Waals surface area contributed by atoms with Crippen molar-refractivity contribution in [2.24, 2.45) is 0 Å². The predicted octanol–water partition coefficient (Wildman–Crippen LogP) is 4.59. The summed E-state index contributed by atoms with van der Waals surface area (Å²) in [6.07, 6.45) is 1.70. The van der Waals surface area contributed by atoms with Gasteiger partial charge in [-0.1, -0.05) is 60.7 Å². The number of nitrogens with zero attached hydrogens (tertiary/aromatic N) is 3. The number of carbonyl (C=O) groups is 2. The van der Waals surface area contributed by atoms with Crippen LogP contribution in [0.3, 0.4) is 0 Å². The number of ether oxygens (including phenoxy) is 5. The van der Waals surface area contributed by atoms with Crippen LogP contribution < -0.4 is 15.6 Å². The molecule has 2 aromatic heterocycles. The average Bonchev–Trinajstić information content (AvgIpc) is 3.89. The number of methoxy groups -OCH3 is 1. The number of thiazole rings is 1. The number of aromatic nitrogens is 3. The minimum absolute atomic E-state index is 0.0920. The molecule has 0 bridgehead atoms. The van der Waals surface area contributed by atoms with Crippen LogP contribution in [-0.4, -0.2) is 71.2 Å². The van der Waals surface area contributed by atoms with E-state index in [2.05, 4.69) is 15.3 Å². The van der Waals surface area contributed by atoms with Gasteiger partial charge in [0, 0.05) is 11.1 Å². The zero-order valence-corrected chi connectivity index (χ0v) is 27.2. The fourth-order valence-corrected chi connectivity index (χ4v) is 6.55. The second-order valence-corrected chi connectivity index (χ2v) is 12.5. The Balaban J connectivity index is 1.03. The quantitative estimate of drug-likeness (QED) is 0.197. The van der Waals surface area contributed by atoms with Crippen molar-refractivity contribution in [2.45, 2.75) is 37.6 Å². The lowest BCUT2D eigenvalue weighted by Gasteiger charge is -2.19. The molecule has 250 valence electrons. The van der Waals surface area contributed by atoms with Crippen molar-refractivity contribution in [3.63, 3.8) is 0 Å². The molecule has 49 heavy (non-hydrogen) atoms. The molecule has 0 spiro atoms. The van der Waals surface area contributed by atoms with Crippen LogP contribution in [0.15, 0.2) is 102 Å². The summed E-state index contributed by atoms with van der Waals surface area (Å²) in [5, 5.41) is 3.29. The van der Waals surface area contributed by atoms with Gasteiger partial charge in [-0.25, -0.2) is 9.97 Å². The number of anilines is 1. The van der Waals surface area contributed by atoms with Gasteiger partial charge in [-0.05, 0) is 29.8 Å². The molecule has 7 rings (SSSR count). The number of esters is 1. The smallest absolute Gasteiger partial charge is 0.325 e. The Morgan fingerprint density at radius 3 is 2.31 bits per heavy atom. The predicted molar refractivity (Wildman–Crippen MR) is 180 cm³/mol. The van der Waals surface area contributed by atoms with Crippen molar-refractivity contribution < 1.29 is 33.3 Å².